The number of amides is 2. The molecule has 0 radical (unpaired) electrons. The van der Waals surface area contributed by atoms with Crippen LogP contribution < -0.4 is 16.4 Å². The summed E-state index contributed by atoms with van der Waals surface area (Å²) >= 11 is 12.6. The van der Waals surface area contributed by atoms with E-state index in [0.717, 1.165) is 31.2 Å². The van der Waals surface area contributed by atoms with Crippen LogP contribution in [-0.2, 0) is 15.0 Å². The van der Waals surface area contributed by atoms with Gasteiger partial charge in [-0.3, -0.25) is 19.9 Å². The lowest BCUT2D eigenvalue weighted by Crippen LogP contribution is -2.61. The number of hydrogen-bond donors (Lipinski definition) is 3. The minimum Gasteiger partial charge on any atom is -0.368 e. The molecular formula is C24H26Cl2N4O2. The number of nitrogens with two attached hydrogens (primary N) is 1. The van der Waals surface area contributed by atoms with Crippen molar-refractivity contribution in [2.75, 3.05) is 5.32 Å². The average Bonchev–Trinajstić information content (AvgIpc) is 3.18. The first-order valence-corrected chi connectivity index (χ1v) is 11.6. The number of primary amides is 1. The summed E-state index contributed by atoms with van der Waals surface area (Å²) < 4.78 is 0. The van der Waals surface area contributed by atoms with E-state index in [9.17, 15) is 9.59 Å². The van der Waals surface area contributed by atoms with Crippen LogP contribution in [0.25, 0.3) is 0 Å². The van der Waals surface area contributed by atoms with Gasteiger partial charge in [0.2, 0.25) is 11.8 Å². The van der Waals surface area contributed by atoms with E-state index < -0.39 is 28.8 Å². The third-order valence-electron chi connectivity index (χ3n) is 7.85. The van der Waals surface area contributed by atoms with Crippen LogP contribution in [0.15, 0.2) is 36.7 Å². The van der Waals surface area contributed by atoms with E-state index in [1.165, 1.54) is 0 Å². The van der Waals surface area contributed by atoms with E-state index in [2.05, 4.69) is 29.5 Å². The Labute approximate surface area is 197 Å². The summed E-state index contributed by atoms with van der Waals surface area (Å²) in [5.74, 6) is -1.20. The fourth-order valence-electron chi connectivity index (χ4n) is 6.30. The molecule has 1 aliphatic carbocycles. The average molecular weight is 473 g/mol. The first kappa shape index (κ1) is 21.7. The number of nitrogens with zero attached hydrogens (tertiary/aromatic N) is 1. The van der Waals surface area contributed by atoms with Gasteiger partial charge in [0.25, 0.3) is 0 Å². The van der Waals surface area contributed by atoms with Gasteiger partial charge in [0, 0.05) is 34.6 Å². The number of carbonyl (C=O) groups excluding carboxylic acids is 2. The molecule has 8 heteroatoms. The molecule has 4 N–H and O–H groups in total. The van der Waals surface area contributed by atoms with Gasteiger partial charge in [0.05, 0.1) is 11.1 Å². The van der Waals surface area contributed by atoms with Gasteiger partial charge in [-0.05, 0) is 60.4 Å². The number of benzene rings is 1. The number of aromatic nitrogens is 1. The molecule has 1 unspecified atom stereocenters. The van der Waals surface area contributed by atoms with Crippen molar-refractivity contribution in [1.82, 2.24) is 10.3 Å². The van der Waals surface area contributed by atoms with Crippen LogP contribution in [0.1, 0.15) is 56.6 Å². The molecule has 1 saturated carbocycles. The van der Waals surface area contributed by atoms with E-state index in [-0.39, 0.29) is 11.3 Å². The van der Waals surface area contributed by atoms with E-state index in [4.69, 9.17) is 28.9 Å². The van der Waals surface area contributed by atoms with Crippen LogP contribution in [0.5, 0.6) is 0 Å². The monoisotopic (exact) mass is 472 g/mol. The normalized spacial score (nSPS) is 29.8. The van der Waals surface area contributed by atoms with Crippen LogP contribution in [0.2, 0.25) is 10.0 Å². The number of rotatable bonds is 2. The fourth-order valence-corrected chi connectivity index (χ4v) is 6.66. The molecule has 1 aromatic carbocycles. The maximum atomic E-state index is 14.0. The Kier molecular flexibility index (Phi) is 4.86. The van der Waals surface area contributed by atoms with E-state index in [0.29, 0.717) is 21.3 Å². The number of pyridine rings is 1. The highest BCUT2D eigenvalue weighted by molar-refractivity contribution is 6.31. The molecule has 2 aromatic rings. The minimum atomic E-state index is -1.05. The fraction of sp³-hybridized carbons (Fsp3) is 0.458. The van der Waals surface area contributed by atoms with Crippen molar-refractivity contribution in [3.8, 4) is 0 Å². The van der Waals surface area contributed by atoms with Gasteiger partial charge in [0.15, 0.2) is 0 Å². The number of nitrogens with one attached hydrogen (secondary N) is 2. The Morgan fingerprint density at radius 1 is 1.09 bits per heavy atom. The molecular weight excluding hydrogens is 447 g/mol. The summed E-state index contributed by atoms with van der Waals surface area (Å²) in [6.45, 7) is 4.49. The predicted octanol–water partition coefficient (Wildman–Crippen LogP) is 4.16. The van der Waals surface area contributed by atoms with Crippen LogP contribution in [0.4, 0.5) is 5.69 Å². The first-order valence-electron chi connectivity index (χ1n) is 10.9. The van der Waals surface area contributed by atoms with Gasteiger partial charge in [-0.1, -0.05) is 43.1 Å². The Balaban J connectivity index is 1.81. The third kappa shape index (κ3) is 2.93. The summed E-state index contributed by atoms with van der Waals surface area (Å²) in [7, 11) is 0. The molecule has 3 heterocycles. The minimum absolute atomic E-state index is 0.143. The molecule has 1 saturated heterocycles. The van der Waals surface area contributed by atoms with Crippen molar-refractivity contribution >= 4 is 40.7 Å². The lowest BCUT2D eigenvalue weighted by Gasteiger charge is -2.50. The second-order valence-electron chi connectivity index (χ2n) is 10.1. The predicted molar refractivity (Wildman–Crippen MR) is 125 cm³/mol. The van der Waals surface area contributed by atoms with Gasteiger partial charge in [0.1, 0.15) is 5.41 Å². The Morgan fingerprint density at radius 2 is 1.81 bits per heavy atom. The molecule has 3 aliphatic rings. The summed E-state index contributed by atoms with van der Waals surface area (Å²) in [6.07, 6.45) is 6.55. The summed E-state index contributed by atoms with van der Waals surface area (Å²) in [4.78, 5) is 31.1. The van der Waals surface area contributed by atoms with Crippen molar-refractivity contribution in [2.24, 2.45) is 11.1 Å². The quantitative estimate of drug-likeness (QED) is 0.610. The zero-order valence-electron chi connectivity index (χ0n) is 18.0. The topological polar surface area (TPSA) is 97.1 Å². The number of halogens is 2. The van der Waals surface area contributed by atoms with E-state index in [1.54, 1.807) is 30.6 Å². The largest absolute Gasteiger partial charge is 0.368 e. The van der Waals surface area contributed by atoms with Crippen molar-refractivity contribution in [3.05, 3.63) is 57.8 Å². The highest BCUT2D eigenvalue weighted by atomic mass is 35.5. The smallest absolute Gasteiger partial charge is 0.237 e. The highest BCUT2D eigenvalue weighted by Gasteiger charge is 2.72. The SMILES string of the molecule is CC1(C)CCC2(CC1)N[C@@H](C(N)=O)[C@H](c1cncc(Cl)c1)C21C(=O)Nc2cc(Cl)ccc21. The lowest BCUT2D eigenvalue weighted by atomic mass is 9.53. The van der Waals surface area contributed by atoms with E-state index >= 15 is 0 Å². The maximum Gasteiger partial charge on any atom is 0.237 e. The van der Waals surface area contributed by atoms with Gasteiger partial charge in [-0.15, -0.1) is 0 Å². The third-order valence-corrected chi connectivity index (χ3v) is 8.29. The molecule has 2 fully saturated rings. The first-order chi connectivity index (χ1) is 15.1. The number of carbonyl (C=O) groups is 2. The van der Waals surface area contributed by atoms with Gasteiger partial charge in [-0.25, -0.2) is 0 Å². The van der Waals surface area contributed by atoms with E-state index in [1.807, 2.05) is 6.07 Å². The Morgan fingerprint density at radius 3 is 2.47 bits per heavy atom. The molecule has 0 bridgehead atoms. The number of hydrogen-bond acceptors (Lipinski definition) is 4. The van der Waals surface area contributed by atoms with Crippen LogP contribution in [0.3, 0.4) is 0 Å². The standard InChI is InChI=1S/C24H26Cl2N4O2/c1-22(2)5-7-23(8-6-22)24(16-4-3-14(25)10-17(16)29-21(24)32)18(19(30-23)20(27)31)13-9-15(26)12-28-11-13/h3-4,9-12,18-19,30H,5-8H2,1-2H3,(H2,27,31)(H,29,32)/t18-,19+,24?/m0/s1. The van der Waals surface area contributed by atoms with Crippen LogP contribution in [-0.4, -0.2) is 28.4 Å². The lowest BCUT2D eigenvalue weighted by molar-refractivity contribution is -0.124. The van der Waals surface area contributed by atoms with Gasteiger partial charge >= 0.3 is 0 Å². The van der Waals surface area contributed by atoms with Crippen LogP contribution >= 0.6 is 23.2 Å². The van der Waals surface area contributed by atoms with Crippen molar-refractivity contribution in [3.63, 3.8) is 0 Å². The van der Waals surface area contributed by atoms with Crippen molar-refractivity contribution in [1.29, 1.82) is 0 Å². The second kappa shape index (κ2) is 7.17. The molecule has 2 aliphatic heterocycles. The number of anilines is 1. The molecule has 3 atom stereocenters. The van der Waals surface area contributed by atoms with Gasteiger partial charge in [-0.2, -0.15) is 0 Å². The molecule has 2 spiro atoms. The number of fused-ring (bicyclic) bond motifs is 3. The zero-order valence-corrected chi connectivity index (χ0v) is 19.6. The molecule has 6 nitrogen and oxygen atoms in total. The molecule has 2 amide bonds. The second-order valence-corrected chi connectivity index (χ2v) is 11.0. The molecule has 5 rings (SSSR count). The molecule has 168 valence electrons. The zero-order chi connectivity index (χ0) is 22.9. The Hall–Kier alpha value is -2.15. The van der Waals surface area contributed by atoms with Crippen molar-refractivity contribution < 1.29 is 9.59 Å². The van der Waals surface area contributed by atoms with Crippen LogP contribution in [0, 0.1) is 5.41 Å². The highest BCUT2D eigenvalue weighted by Crippen LogP contribution is 2.63. The molecule has 1 aromatic heterocycles. The molecule has 32 heavy (non-hydrogen) atoms. The maximum absolute atomic E-state index is 14.0. The summed E-state index contributed by atoms with van der Waals surface area (Å²) in [6, 6.07) is 6.52. The van der Waals surface area contributed by atoms with Gasteiger partial charge < -0.3 is 11.1 Å². The summed E-state index contributed by atoms with van der Waals surface area (Å²) in [5, 5.41) is 7.65. The van der Waals surface area contributed by atoms with Crippen molar-refractivity contribution in [2.45, 2.75) is 62.4 Å². The summed E-state index contributed by atoms with van der Waals surface area (Å²) in [5.41, 5.74) is 6.65. The Bertz CT molecular complexity index is 1120.